The minimum Gasteiger partial charge on any atom is -0.212 e. The summed E-state index contributed by atoms with van der Waals surface area (Å²) in [6, 6.07) is 0.169. The Labute approximate surface area is 78.4 Å². The Hall–Kier alpha value is 0.260. The minimum atomic E-state index is -3.04. The van der Waals surface area contributed by atoms with Crippen LogP contribution in [0.15, 0.2) is 0 Å². The van der Waals surface area contributed by atoms with Crippen LogP contribution in [-0.4, -0.2) is 31.2 Å². The molecule has 5 heteroatoms. The van der Waals surface area contributed by atoms with E-state index >= 15 is 0 Å². The molecule has 1 fully saturated rings. The van der Waals surface area contributed by atoms with Crippen LogP contribution in [0.25, 0.3) is 0 Å². The maximum Gasteiger partial charge on any atom is 0.214 e. The first kappa shape index (κ1) is 10.3. The van der Waals surface area contributed by atoms with Crippen molar-refractivity contribution in [1.29, 1.82) is 0 Å². The van der Waals surface area contributed by atoms with Gasteiger partial charge in [-0.1, -0.05) is 0 Å². The predicted molar refractivity (Wildman–Crippen MR) is 52.9 cm³/mol. The van der Waals surface area contributed by atoms with Crippen LogP contribution in [0.4, 0.5) is 0 Å². The van der Waals surface area contributed by atoms with Crippen molar-refractivity contribution in [3.63, 3.8) is 0 Å². The predicted octanol–water partition coefficient (Wildman–Crippen LogP) is 0.820. The molecule has 1 atom stereocenters. The second-order valence-electron chi connectivity index (χ2n) is 3.27. The third-order valence-electron chi connectivity index (χ3n) is 1.88. The molecule has 72 valence electrons. The molecular formula is C7H15NO2S2. The first-order valence-electron chi connectivity index (χ1n) is 4.11. The lowest BCUT2D eigenvalue weighted by molar-refractivity contribution is 0.554. The van der Waals surface area contributed by atoms with E-state index in [-0.39, 0.29) is 11.3 Å². The molecule has 0 saturated carbocycles. The molecule has 1 rings (SSSR count). The van der Waals surface area contributed by atoms with Gasteiger partial charge in [0.25, 0.3) is 0 Å². The largest absolute Gasteiger partial charge is 0.214 e. The Morgan fingerprint density at radius 3 is 2.58 bits per heavy atom. The molecule has 0 bridgehead atoms. The van der Waals surface area contributed by atoms with Crippen molar-refractivity contribution >= 4 is 21.8 Å². The maximum absolute atomic E-state index is 11.4. The Bertz CT molecular complexity index is 230. The van der Waals surface area contributed by atoms with Crippen molar-refractivity contribution in [1.82, 2.24) is 4.72 Å². The maximum atomic E-state index is 11.4. The van der Waals surface area contributed by atoms with Crippen molar-refractivity contribution < 1.29 is 8.42 Å². The SMILES string of the molecule is CC(C)S(=O)(=O)NC1CCSC1. The smallest absolute Gasteiger partial charge is 0.212 e. The van der Waals surface area contributed by atoms with Crippen LogP contribution >= 0.6 is 11.8 Å². The molecule has 0 aromatic carbocycles. The summed E-state index contributed by atoms with van der Waals surface area (Å²) in [5.41, 5.74) is 0. The van der Waals surface area contributed by atoms with Gasteiger partial charge in [0.1, 0.15) is 0 Å². The van der Waals surface area contributed by atoms with E-state index in [0.717, 1.165) is 17.9 Å². The van der Waals surface area contributed by atoms with Gasteiger partial charge in [-0.3, -0.25) is 0 Å². The van der Waals surface area contributed by atoms with Gasteiger partial charge in [-0.25, -0.2) is 13.1 Å². The fourth-order valence-electron chi connectivity index (χ4n) is 0.996. The quantitative estimate of drug-likeness (QED) is 0.748. The van der Waals surface area contributed by atoms with E-state index in [1.807, 2.05) is 11.8 Å². The van der Waals surface area contributed by atoms with Gasteiger partial charge in [0, 0.05) is 11.8 Å². The van der Waals surface area contributed by atoms with Gasteiger partial charge in [0.2, 0.25) is 10.0 Å². The summed E-state index contributed by atoms with van der Waals surface area (Å²) >= 11 is 1.81. The van der Waals surface area contributed by atoms with Gasteiger partial charge < -0.3 is 0 Å². The van der Waals surface area contributed by atoms with Crippen LogP contribution in [0.3, 0.4) is 0 Å². The van der Waals surface area contributed by atoms with Crippen molar-refractivity contribution in [2.24, 2.45) is 0 Å². The van der Waals surface area contributed by atoms with Crippen LogP contribution in [0, 0.1) is 0 Å². The lowest BCUT2D eigenvalue weighted by Gasteiger charge is -2.13. The molecule has 1 N–H and O–H groups in total. The third kappa shape index (κ3) is 2.64. The molecule has 0 aromatic rings. The summed E-state index contributed by atoms with van der Waals surface area (Å²) in [4.78, 5) is 0. The zero-order valence-corrected chi connectivity index (χ0v) is 9.04. The molecule has 1 aliphatic rings. The molecule has 12 heavy (non-hydrogen) atoms. The highest BCUT2D eigenvalue weighted by Gasteiger charge is 2.23. The Kier molecular flexibility index (Phi) is 3.43. The van der Waals surface area contributed by atoms with E-state index in [1.54, 1.807) is 13.8 Å². The molecule has 1 saturated heterocycles. The number of sulfonamides is 1. The van der Waals surface area contributed by atoms with E-state index in [1.165, 1.54) is 0 Å². The van der Waals surface area contributed by atoms with Crippen LogP contribution in [0.1, 0.15) is 20.3 Å². The monoisotopic (exact) mass is 209 g/mol. The first-order valence-corrected chi connectivity index (χ1v) is 6.81. The van der Waals surface area contributed by atoms with Crippen molar-refractivity contribution in [2.45, 2.75) is 31.6 Å². The lowest BCUT2D eigenvalue weighted by atomic mass is 10.3. The Balaban J connectivity index is 2.49. The molecule has 0 aromatic heterocycles. The molecule has 0 spiro atoms. The number of nitrogens with one attached hydrogen (secondary N) is 1. The standard InChI is InChI=1S/C7H15NO2S2/c1-6(2)12(9,10)8-7-3-4-11-5-7/h6-8H,3-5H2,1-2H3. The average Bonchev–Trinajstić information content (AvgIpc) is 2.38. The number of thioether (sulfide) groups is 1. The summed E-state index contributed by atoms with van der Waals surface area (Å²) in [5, 5.41) is -0.317. The van der Waals surface area contributed by atoms with E-state index in [2.05, 4.69) is 4.72 Å². The molecule has 0 radical (unpaired) electrons. The lowest BCUT2D eigenvalue weighted by Crippen LogP contribution is -2.38. The summed E-state index contributed by atoms with van der Waals surface area (Å²) in [5.74, 6) is 2.00. The topological polar surface area (TPSA) is 46.2 Å². The normalized spacial score (nSPS) is 25.1. The van der Waals surface area contributed by atoms with Crippen molar-refractivity contribution in [3.8, 4) is 0 Å². The molecule has 0 aliphatic carbocycles. The highest BCUT2D eigenvalue weighted by Crippen LogP contribution is 2.18. The number of rotatable bonds is 3. The van der Waals surface area contributed by atoms with Crippen LogP contribution in [0.5, 0.6) is 0 Å². The molecule has 1 heterocycles. The fraction of sp³-hybridized carbons (Fsp3) is 1.00. The molecule has 1 unspecified atom stereocenters. The molecule has 1 aliphatic heterocycles. The highest BCUT2D eigenvalue weighted by molar-refractivity contribution is 7.99. The van der Waals surface area contributed by atoms with Crippen molar-refractivity contribution in [3.05, 3.63) is 0 Å². The zero-order chi connectivity index (χ0) is 9.19. The number of hydrogen-bond acceptors (Lipinski definition) is 3. The fourth-order valence-corrected chi connectivity index (χ4v) is 3.19. The molecular weight excluding hydrogens is 194 g/mol. The minimum absolute atomic E-state index is 0.169. The van der Waals surface area contributed by atoms with Crippen LogP contribution in [-0.2, 0) is 10.0 Å². The summed E-state index contributed by atoms with van der Waals surface area (Å²) in [6.45, 7) is 3.40. The second kappa shape index (κ2) is 3.98. The van der Waals surface area contributed by atoms with Crippen LogP contribution < -0.4 is 4.72 Å². The zero-order valence-electron chi connectivity index (χ0n) is 7.41. The Morgan fingerprint density at radius 2 is 2.17 bits per heavy atom. The second-order valence-corrected chi connectivity index (χ2v) is 6.69. The van der Waals surface area contributed by atoms with Gasteiger partial charge >= 0.3 is 0 Å². The molecule has 3 nitrogen and oxygen atoms in total. The van der Waals surface area contributed by atoms with Gasteiger partial charge in [-0.2, -0.15) is 11.8 Å². The average molecular weight is 209 g/mol. The summed E-state index contributed by atoms with van der Waals surface area (Å²) in [6.07, 6.45) is 0.969. The van der Waals surface area contributed by atoms with Gasteiger partial charge in [-0.05, 0) is 26.0 Å². The van der Waals surface area contributed by atoms with Crippen molar-refractivity contribution in [2.75, 3.05) is 11.5 Å². The van der Waals surface area contributed by atoms with E-state index in [4.69, 9.17) is 0 Å². The first-order chi connectivity index (χ1) is 5.52. The van der Waals surface area contributed by atoms with Gasteiger partial charge in [0.15, 0.2) is 0 Å². The molecule has 0 amide bonds. The van der Waals surface area contributed by atoms with E-state index in [0.29, 0.717) is 0 Å². The van der Waals surface area contributed by atoms with E-state index in [9.17, 15) is 8.42 Å². The number of hydrogen-bond donors (Lipinski definition) is 1. The summed E-state index contributed by atoms with van der Waals surface area (Å²) < 4.78 is 25.4. The third-order valence-corrected chi connectivity index (χ3v) is 4.95. The van der Waals surface area contributed by atoms with Gasteiger partial charge in [-0.15, -0.1) is 0 Å². The Morgan fingerprint density at radius 1 is 1.50 bits per heavy atom. The van der Waals surface area contributed by atoms with Crippen LogP contribution in [0.2, 0.25) is 0 Å². The summed E-state index contributed by atoms with van der Waals surface area (Å²) in [7, 11) is -3.04. The highest BCUT2D eigenvalue weighted by atomic mass is 32.2. The van der Waals surface area contributed by atoms with E-state index < -0.39 is 10.0 Å². The van der Waals surface area contributed by atoms with Gasteiger partial charge in [0.05, 0.1) is 5.25 Å².